The molecule has 2 N–H and O–H groups in total. The Morgan fingerprint density at radius 3 is 2.66 bits per heavy atom. The Balaban J connectivity index is 1.64. The number of anilines is 1. The van der Waals surface area contributed by atoms with Gasteiger partial charge in [-0.2, -0.15) is 0 Å². The minimum absolute atomic E-state index is 0.148. The van der Waals surface area contributed by atoms with Crippen LogP contribution >= 0.6 is 11.3 Å². The van der Waals surface area contributed by atoms with Gasteiger partial charge < -0.3 is 24.7 Å². The van der Waals surface area contributed by atoms with Crippen LogP contribution in [0.5, 0.6) is 0 Å². The molecule has 3 aromatic rings. The number of methoxy groups -OCH3 is 1. The Morgan fingerprint density at radius 1 is 1.22 bits per heavy atom. The maximum Gasteiger partial charge on any atom is 0.338 e. The van der Waals surface area contributed by atoms with Crippen molar-refractivity contribution in [2.24, 2.45) is 0 Å². The third-order valence-corrected chi connectivity index (χ3v) is 5.90. The summed E-state index contributed by atoms with van der Waals surface area (Å²) >= 11 is 0.849. The van der Waals surface area contributed by atoms with E-state index in [-0.39, 0.29) is 18.1 Å². The predicted molar refractivity (Wildman–Crippen MR) is 113 cm³/mol. The highest BCUT2D eigenvalue weighted by atomic mass is 32.1. The number of hydrogen-bond donors (Lipinski definition) is 1. The van der Waals surface area contributed by atoms with Gasteiger partial charge in [0.25, 0.3) is 0 Å². The highest BCUT2D eigenvalue weighted by molar-refractivity contribution is 7.17. The average molecular weight is 460 g/mol. The summed E-state index contributed by atoms with van der Waals surface area (Å²) in [6.07, 6.45) is -2.47. The summed E-state index contributed by atoms with van der Waals surface area (Å²) in [7, 11) is 1.41. The van der Waals surface area contributed by atoms with E-state index in [1.165, 1.54) is 24.9 Å². The first-order valence-corrected chi connectivity index (χ1v) is 10.4. The number of aromatic nitrogens is 3. The molecule has 0 aliphatic carbocycles. The van der Waals surface area contributed by atoms with Crippen LogP contribution in [0, 0.1) is 0 Å². The van der Waals surface area contributed by atoms with E-state index < -0.39 is 41.4 Å². The number of hydrogen-bond acceptors (Lipinski definition) is 11. The highest BCUT2D eigenvalue weighted by Gasteiger charge is 2.50. The molecule has 1 aliphatic heterocycles. The molecule has 2 aromatic heterocycles. The van der Waals surface area contributed by atoms with Crippen molar-refractivity contribution in [2.75, 3.05) is 19.5 Å². The van der Waals surface area contributed by atoms with E-state index >= 15 is 0 Å². The normalized spacial score (nSPS) is 22.7. The SMILES string of the molecule is CO[C@H]1[C@@H](OC(C)=O)[C@H](n2c(=O)sc3c(N)ncnc32)O[C@@H]1COC(=O)c1ccccc1. The second kappa shape index (κ2) is 9.02. The Hall–Kier alpha value is -3.35. The van der Waals surface area contributed by atoms with Crippen LogP contribution in [-0.4, -0.2) is 58.5 Å². The molecule has 0 unspecified atom stereocenters. The predicted octanol–water partition coefficient (Wildman–Crippen LogP) is 1.14. The number of carbonyl (C=O) groups is 2. The van der Waals surface area contributed by atoms with Crippen molar-refractivity contribution in [2.45, 2.75) is 31.5 Å². The minimum Gasteiger partial charge on any atom is -0.459 e. The van der Waals surface area contributed by atoms with E-state index in [1.807, 2.05) is 0 Å². The number of nitrogens with zero attached hydrogens (tertiary/aromatic N) is 3. The Kier molecular flexibility index (Phi) is 6.17. The first kappa shape index (κ1) is 21.9. The average Bonchev–Trinajstić information content (AvgIpc) is 3.29. The van der Waals surface area contributed by atoms with Crippen molar-refractivity contribution in [1.82, 2.24) is 14.5 Å². The molecule has 4 atom stereocenters. The molecular formula is C20H20N4O7S. The van der Waals surface area contributed by atoms with Crippen LogP contribution in [0.25, 0.3) is 10.3 Å². The van der Waals surface area contributed by atoms with Crippen molar-refractivity contribution in [1.29, 1.82) is 0 Å². The lowest BCUT2D eigenvalue weighted by Gasteiger charge is -2.22. The quantitative estimate of drug-likeness (QED) is 0.531. The van der Waals surface area contributed by atoms with Crippen LogP contribution < -0.4 is 10.6 Å². The molecule has 3 heterocycles. The van der Waals surface area contributed by atoms with Crippen LogP contribution in [0.3, 0.4) is 0 Å². The van der Waals surface area contributed by atoms with Gasteiger partial charge in [0.05, 0.1) is 5.56 Å². The van der Waals surface area contributed by atoms with Crippen LogP contribution in [0.2, 0.25) is 0 Å². The zero-order chi connectivity index (χ0) is 22.8. The number of nitrogen functional groups attached to an aromatic ring is 1. The number of benzene rings is 1. The van der Waals surface area contributed by atoms with E-state index in [4.69, 9.17) is 24.7 Å². The summed E-state index contributed by atoms with van der Waals surface area (Å²) < 4.78 is 24.0. The molecule has 0 radical (unpaired) electrons. The van der Waals surface area contributed by atoms with E-state index in [2.05, 4.69) is 9.97 Å². The molecule has 0 spiro atoms. The first-order chi connectivity index (χ1) is 15.4. The van der Waals surface area contributed by atoms with E-state index in [0.29, 0.717) is 10.3 Å². The standard InChI is InChI=1S/C20H20N4O7S/c1-10(25)30-14-13(28-2)12(8-29-19(26)11-6-4-3-5-7-11)31-18(14)24-17-15(32-20(24)27)16(21)22-9-23-17/h3-7,9,12-14,18H,8H2,1-2H3,(H2,21,22,23)/t12-,13-,14-,18-/m1/s1. The lowest BCUT2D eigenvalue weighted by molar-refractivity contribution is -0.156. The van der Waals surface area contributed by atoms with Gasteiger partial charge >= 0.3 is 16.8 Å². The molecular weight excluding hydrogens is 440 g/mol. The lowest BCUT2D eigenvalue weighted by Crippen LogP contribution is -2.39. The second-order valence-electron chi connectivity index (χ2n) is 6.95. The third kappa shape index (κ3) is 4.07. The largest absolute Gasteiger partial charge is 0.459 e. The molecule has 1 fully saturated rings. The topological polar surface area (TPSA) is 145 Å². The molecule has 1 aromatic carbocycles. The fourth-order valence-corrected chi connectivity index (χ4v) is 4.43. The van der Waals surface area contributed by atoms with Gasteiger partial charge in [-0.15, -0.1) is 0 Å². The zero-order valence-corrected chi connectivity index (χ0v) is 18.0. The molecule has 1 saturated heterocycles. The summed E-state index contributed by atoms with van der Waals surface area (Å²) in [6, 6.07) is 8.46. The summed E-state index contributed by atoms with van der Waals surface area (Å²) in [5, 5.41) is 0. The van der Waals surface area contributed by atoms with Crippen molar-refractivity contribution < 1.29 is 28.5 Å². The van der Waals surface area contributed by atoms with E-state index in [0.717, 1.165) is 11.3 Å². The summed E-state index contributed by atoms with van der Waals surface area (Å²) in [5.41, 5.74) is 6.49. The van der Waals surface area contributed by atoms with Gasteiger partial charge in [-0.1, -0.05) is 29.5 Å². The van der Waals surface area contributed by atoms with Crippen LogP contribution in [0.4, 0.5) is 5.82 Å². The van der Waals surface area contributed by atoms with E-state index in [9.17, 15) is 14.4 Å². The molecule has 168 valence electrons. The van der Waals surface area contributed by atoms with Gasteiger partial charge in [0.2, 0.25) is 0 Å². The first-order valence-electron chi connectivity index (χ1n) is 9.60. The van der Waals surface area contributed by atoms with Gasteiger partial charge in [-0.25, -0.2) is 14.8 Å². The van der Waals surface area contributed by atoms with Crippen LogP contribution in [0.1, 0.15) is 23.5 Å². The van der Waals surface area contributed by atoms with Crippen LogP contribution in [-0.2, 0) is 23.7 Å². The number of rotatable bonds is 6. The second-order valence-corrected chi connectivity index (χ2v) is 7.92. The van der Waals surface area contributed by atoms with Gasteiger partial charge in [-0.3, -0.25) is 14.2 Å². The maximum atomic E-state index is 12.8. The highest BCUT2D eigenvalue weighted by Crippen LogP contribution is 2.36. The molecule has 11 nitrogen and oxygen atoms in total. The van der Waals surface area contributed by atoms with Crippen molar-refractivity contribution in [3.63, 3.8) is 0 Å². The van der Waals surface area contributed by atoms with Gasteiger partial charge in [0.1, 0.15) is 35.7 Å². The molecule has 4 rings (SSSR count). The lowest BCUT2D eigenvalue weighted by atomic mass is 10.1. The fraction of sp³-hybridized carbons (Fsp3) is 0.350. The monoisotopic (exact) mass is 460 g/mol. The fourth-order valence-electron chi connectivity index (χ4n) is 3.56. The molecule has 1 aliphatic rings. The number of fused-ring (bicyclic) bond motifs is 1. The summed E-state index contributed by atoms with van der Waals surface area (Å²) in [4.78, 5) is 44.5. The van der Waals surface area contributed by atoms with Crippen molar-refractivity contribution >= 4 is 39.4 Å². The van der Waals surface area contributed by atoms with Gasteiger partial charge in [0.15, 0.2) is 18.0 Å². The zero-order valence-electron chi connectivity index (χ0n) is 17.2. The van der Waals surface area contributed by atoms with Crippen LogP contribution in [0.15, 0.2) is 41.5 Å². The van der Waals surface area contributed by atoms with Crippen molar-refractivity contribution in [3.05, 3.63) is 51.9 Å². The Bertz CT molecular complexity index is 1200. The van der Waals surface area contributed by atoms with Crippen molar-refractivity contribution in [3.8, 4) is 0 Å². The molecule has 0 saturated carbocycles. The Labute approximate surface area is 185 Å². The Morgan fingerprint density at radius 2 is 1.97 bits per heavy atom. The number of esters is 2. The number of nitrogens with two attached hydrogens (primary N) is 1. The number of thiazole rings is 1. The maximum absolute atomic E-state index is 12.8. The van der Waals surface area contributed by atoms with E-state index in [1.54, 1.807) is 30.3 Å². The third-order valence-electron chi connectivity index (χ3n) is 4.93. The number of carbonyl (C=O) groups excluding carboxylic acids is 2. The molecule has 12 heteroatoms. The smallest absolute Gasteiger partial charge is 0.338 e. The van der Waals surface area contributed by atoms with Gasteiger partial charge in [-0.05, 0) is 12.1 Å². The minimum atomic E-state index is -1.07. The molecule has 0 bridgehead atoms. The molecule has 32 heavy (non-hydrogen) atoms. The molecule has 0 amide bonds. The summed E-state index contributed by atoms with van der Waals surface area (Å²) in [5.74, 6) is -0.987. The summed E-state index contributed by atoms with van der Waals surface area (Å²) in [6.45, 7) is 1.05. The van der Waals surface area contributed by atoms with Gasteiger partial charge in [0, 0.05) is 14.0 Å². The number of ether oxygens (including phenoxy) is 4.